The highest BCUT2D eigenvalue weighted by atomic mass is 15.2. The zero-order valence-corrected chi connectivity index (χ0v) is 14.3. The van der Waals surface area contributed by atoms with E-state index in [4.69, 9.17) is 0 Å². The molecule has 1 aromatic rings. The number of benzene rings is 1. The minimum atomic E-state index is 0.858. The smallest absolute Gasteiger partial charge is 0.0233 e. The Balaban J connectivity index is 1.46. The highest BCUT2D eigenvalue weighted by molar-refractivity contribution is 5.22. The monoisotopic (exact) mass is 300 g/mol. The van der Waals surface area contributed by atoms with E-state index >= 15 is 0 Å². The van der Waals surface area contributed by atoms with Gasteiger partial charge in [-0.15, -0.1) is 0 Å². The van der Waals surface area contributed by atoms with Gasteiger partial charge in [0.15, 0.2) is 0 Å². The molecule has 0 radical (unpaired) electrons. The number of hydrogen-bond donors (Lipinski definition) is 0. The van der Waals surface area contributed by atoms with E-state index in [0.29, 0.717) is 0 Å². The van der Waals surface area contributed by atoms with Crippen molar-refractivity contribution in [2.45, 2.75) is 64.5 Å². The molecule has 2 fully saturated rings. The molecule has 0 amide bonds. The van der Waals surface area contributed by atoms with Crippen molar-refractivity contribution in [1.82, 2.24) is 9.80 Å². The quantitative estimate of drug-likeness (QED) is 0.826. The van der Waals surface area contributed by atoms with Gasteiger partial charge in [0.2, 0.25) is 0 Å². The van der Waals surface area contributed by atoms with Crippen LogP contribution in [0.1, 0.15) is 56.6 Å². The summed E-state index contributed by atoms with van der Waals surface area (Å²) in [4.78, 5) is 5.44. The van der Waals surface area contributed by atoms with Gasteiger partial charge in [0.1, 0.15) is 0 Å². The number of piperidine rings is 1. The fourth-order valence-electron chi connectivity index (χ4n) is 4.04. The third-order valence-electron chi connectivity index (χ3n) is 5.55. The van der Waals surface area contributed by atoms with Gasteiger partial charge in [-0.25, -0.2) is 0 Å². The zero-order valence-electron chi connectivity index (χ0n) is 14.3. The molecule has 0 N–H and O–H groups in total. The summed E-state index contributed by atoms with van der Waals surface area (Å²) in [6, 6.07) is 10.1. The van der Waals surface area contributed by atoms with E-state index in [9.17, 15) is 0 Å². The Kier molecular flexibility index (Phi) is 5.91. The molecule has 0 spiro atoms. The van der Waals surface area contributed by atoms with Crippen molar-refractivity contribution in [2.75, 3.05) is 26.2 Å². The van der Waals surface area contributed by atoms with Gasteiger partial charge in [-0.1, -0.05) is 44.0 Å². The predicted octanol–water partition coefficient (Wildman–Crippen LogP) is 4.09. The van der Waals surface area contributed by atoms with Crippen LogP contribution in [0, 0.1) is 0 Å². The number of rotatable bonds is 4. The molecule has 0 atom stereocenters. The maximum Gasteiger partial charge on any atom is 0.0233 e. The molecule has 2 aliphatic heterocycles. The number of likely N-dealkylation sites (tertiary alicyclic amines) is 2. The van der Waals surface area contributed by atoms with Crippen molar-refractivity contribution in [2.24, 2.45) is 0 Å². The number of aryl methyl sites for hydroxylation is 1. The highest BCUT2D eigenvalue weighted by Crippen LogP contribution is 2.21. The molecular formula is C20H32N2. The molecule has 2 aliphatic rings. The van der Waals surface area contributed by atoms with Gasteiger partial charge in [0, 0.05) is 12.6 Å². The Labute approximate surface area is 136 Å². The van der Waals surface area contributed by atoms with Crippen LogP contribution in [0.15, 0.2) is 24.3 Å². The average molecular weight is 300 g/mol. The molecule has 0 unspecified atom stereocenters. The molecule has 1 aromatic carbocycles. The fourth-order valence-corrected chi connectivity index (χ4v) is 4.04. The summed E-state index contributed by atoms with van der Waals surface area (Å²) in [6.07, 6.45) is 9.61. The summed E-state index contributed by atoms with van der Waals surface area (Å²) < 4.78 is 0. The Morgan fingerprint density at radius 3 is 2.00 bits per heavy atom. The minimum absolute atomic E-state index is 0.858. The Morgan fingerprint density at radius 2 is 1.41 bits per heavy atom. The number of nitrogens with zero attached hydrogens (tertiary/aromatic N) is 2. The molecule has 2 nitrogen and oxygen atoms in total. The normalized spacial score (nSPS) is 22.6. The maximum atomic E-state index is 2.79. The molecule has 0 saturated carbocycles. The highest BCUT2D eigenvalue weighted by Gasteiger charge is 2.24. The van der Waals surface area contributed by atoms with Crippen molar-refractivity contribution in [3.05, 3.63) is 35.4 Å². The molecule has 122 valence electrons. The first kappa shape index (κ1) is 16.0. The average Bonchev–Trinajstić information content (AvgIpc) is 2.86. The zero-order chi connectivity index (χ0) is 15.2. The molecule has 0 aromatic heterocycles. The van der Waals surface area contributed by atoms with E-state index < -0.39 is 0 Å². The maximum absolute atomic E-state index is 2.79. The van der Waals surface area contributed by atoms with Crippen molar-refractivity contribution in [1.29, 1.82) is 0 Å². The largest absolute Gasteiger partial charge is 0.300 e. The molecule has 22 heavy (non-hydrogen) atoms. The third kappa shape index (κ3) is 4.33. The lowest BCUT2D eigenvalue weighted by Gasteiger charge is -2.38. The summed E-state index contributed by atoms with van der Waals surface area (Å²) in [5.74, 6) is 0. The van der Waals surface area contributed by atoms with Gasteiger partial charge in [-0.05, 0) is 69.4 Å². The van der Waals surface area contributed by atoms with E-state index in [1.54, 1.807) is 0 Å². The first-order chi connectivity index (χ1) is 10.8. The second kappa shape index (κ2) is 8.12. The molecular weight excluding hydrogens is 268 g/mol. The summed E-state index contributed by atoms with van der Waals surface area (Å²) in [6.45, 7) is 8.61. The summed E-state index contributed by atoms with van der Waals surface area (Å²) in [7, 11) is 0. The van der Waals surface area contributed by atoms with E-state index in [1.165, 1.54) is 75.8 Å². The van der Waals surface area contributed by atoms with Crippen LogP contribution in [0.2, 0.25) is 0 Å². The number of hydrogen-bond acceptors (Lipinski definition) is 2. The van der Waals surface area contributed by atoms with Gasteiger partial charge in [-0.3, -0.25) is 4.90 Å². The van der Waals surface area contributed by atoms with Crippen molar-refractivity contribution < 1.29 is 0 Å². The first-order valence-corrected chi connectivity index (χ1v) is 9.39. The van der Waals surface area contributed by atoms with Crippen LogP contribution < -0.4 is 0 Å². The Morgan fingerprint density at radius 1 is 0.818 bits per heavy atom. The summed E-state index contributed by atoms with van der Waals surface area (Å²) in [5, 5.41) is 0. The van der Waals surface area contributed by atoms with Crippen molar-refractivity contribution in [3.63, 3.8) is 0 Å². The van der Waals surface area contributed by atoms with Gasteiger partial charge < -0.3 is 4.90 Å². The standard InChI is InChI=1S/C20H32N2/c1-2-18-7-9-19(10-8-18)17-21-15-11-20(12-16-21)22-13-5-3-4-6-14-22/h7-10,20H,2-6,11-17H2,1H3. The summed E-state index contributed by atoms with van der Waals surface area (Å²) in [5.41, 5.74) is 2.93. The van der Waals surface area contributed by atoms with Crippen LogP contribution in [0.25, 0.3) is 0 Å². The molecule has 2 saturated heterocycles. The topological polar surface area (TPSA) is 6.48 Å². The third-order valence-corrected chi connectivity index (χ3v) is 5.55. The minimum Gasteiger partial charge on any atom is -0.300 e. The molecule has 2 heteroatoms. The van der Waals surface area contributed by atoms with E-state index in [-0.39, 0.29) is 0 Å². The van der Waals surface area contributed by atoms with Crippen LogP contribution in [0.4, 0.5) is 0 Å². The second-order valence-electron chi connectivity index (χ2n) is 7.13. The van der Waals surface area contributed by atoms with Crippen LogP contribution in [0.5, 0.6) is 0 Å². The second-order valence-corrected chi connectivity index (χ2v) is 7.13. The molecule has 2 heterocycles. The Bertz CT molecular complexity index is 424. The van der Waals surface area contributed by atoms with Crippen LogP contribution >= 0.6 is 0 Å². The Hall–Kier alpha value is -0.860. The van der Waals surface area contributed by atoms with Crippen LogP contribution in [-0.2, 0) is 13.0 Å². The van der Waals surface area contributed by atoms with Gasteiger partial charge in [0.25, 0.3) is 0 Å². The van der Waals surface area contributed by atoms with Crippen molar-refractivity contribution >= 4 is 0 Å². The van der Waals surface area contributed by atoms with Crippen LogP contribution in [0.3, 0.4) is 0 Å². The lowest BCUT2D eigenvalue weighted by molar-refractivity contribution is 0.107. The lowest BCUT2D eigenvalue weighted by Crippen LogP contribution is -2.45. The van der Waals surface area contributed by atoms with Gasteiger partial charge in [-0.2, -0.15) is 0 Å². The SMILES string of the molecule is CCc1ccc(CN2CCC(N3CCCCCC3)CC2)cc1. The summed E-state index contributed by atoms with van der Waals surface area (Å²) >= 11 is 0. The van der Waals surface area contributed by atoms with E-state index in [2.05, 4.69) is 41.0 Å². The van der Waals surface area contributed by atoms with Gasteiger partial charge >= 0.3 is 0 Å². The molecule has 0 aliphatic carbocycles. The fraction of sp³-hybridized carbons (Fsp3) is 0.700. The van der Waals surface area contributed by atoms with Gasteiger partial charge in [0.05, 0.1) is 0 Å². The van der Waals surface area contributed by atoms with Crippen LogP contribution in [-0.4, -0.2) is 42.0 Å². The molecule has 3 rings (SSSR count). The van der Waals surface area contributed by atoms with Crippen molar-refractivity contribution in [3.8, 4) is 0 Å². The van der Waals surface area contributed by atoms with E-state index in [0.717, 1.165) is 19.0 Å². The first-order valence-electron chi connectivity index (χ1n) is 9.39. The predicted molar refractivity (Wildman–Crippen MR) is 94.2 cm³/mol. The van der Waals surface area contributed by atoms with E-state index in [1.807, 2.05) is 0 Å². The molecule has 0 bridgehead atoms. The lowest BCUT2D eigenvalue weighted by atomic mass is 10.0.